The molecule has 0 saturated carbocycles. The third-order valence-corrected chi connectivity index (χ3v) is 3.01. The van der Waals surface area contributed by atoms with Gasteiger partial charge in [0.2, 0.25) is 5.95 Å². The molecule has 2 N–H and O–H groups in total. The van der Waals surface area contributed by atoms with Crippen molar-refractivity contribution in [2.45, 2.75) is 67.7 Å². The lowest BCUT2D eigenvalue weighted by Crippen LogP contribution is -2.24. The van der Waals surface area contributed by atoms with Crippen molar-refractivity contribution in [2.75, 3.05) is 5.73 Å². The molecule has 0 saturated heterocycles. The number of hydrogen-bond acceptors (Lipinski definition) is 3. The molecule has 0 amide bonds. The van der Waals surface area contributed by atoms with Crippen molar-refractivity contribution in [3.8, 4) is 0 Å². The van der Waals surface area contributed by atoms with Gasteiger partial charge in [-0.25, -0.2) is 9.97 Å². The van der Waals surface area contributed by atoms with Crippen molar-refractivity contribution in [1.82, 2.24) is 9.97 Å². The van der Waals surface area contributed by atoms with E-state index in [1.165, 1.54) is 12.0 Å². The van der Waals surface area contributed by atoms with E-state index in [1.54, 1.807) is 0 Å². The number of anilines is 1. The van der Waals surface area contributed by atoms with E-state index < -0.39 is 0 Å². The minimum Gasteiger partial charge on any atom is -0.368 e. The summed E-state index contributed by atoms with van der Waals surface area (Å²) in [7, 11) is 0. The molecule has 1 aliphatic carbocycles. The van der Waals surface area contributed by atoms with Crippen molar-refractivity contribution < 1.29 is 0 Å². The second kappa shape index (κ2) is 7.34. The molecule has 2 rings (SSSR count). The van der Waals surface area contributed by atoms with Crippen LogP contribution in [0.5, 0.6) is 0 Å². The SMILES string of the molecule is CC.CC.Cc1nc(N)nc2c1CC(C)(C)CC2. The molecule has 1 aliphatic rings. The molecule has 104 valence electrons. The first-order valence-corrected chi connectivity index (χ1v) is 7.10. The van der Waals surface area contributed by atoms with Gasteiger partial charge in [0.05, 0.1) is 0 Å². The summed E-state index contributed by atoms with van der Waals surface area (Å²) in [4.78, 5) is 8.53. The van der Waals surface area contributed by atoms with Crippen molar-refractivity contribution in [1.29, 1.82) is 0 Å². The Balaban J connectivity index is 0.000000659. The zero-order valence-corrected chi connectivity index (χ0v) is 13.1. The van der Waals surface area contributed by atoms with Crippen molar-refractivity contribution >= 4 is 5.95 Å². The maximum atomic E-state index is 5.63. The predicted molar refractivity (Wildman–Crippen MR) is 79.7 cm³/mol. The molecule has 0 spiro atoms. The highest BCUT2D eigenvalue weighted by Crippen LogP contribution is 2.34. The third-order valence-electron chi connectivity index (χ3n) is 3.01. The molecule has 0 radical (unpaired) electrons. The molecule has 0 unspecified atom stereocenters. The van der Waals surface area contributed by atoms with Gasteiger partial charge in [-0.1, -0.05) is 41.5 Å². The fourth-order valence-corrected chi connectivity index (χ4v) is 2.14. The van der Waals surface area contributed by atoms with Crippen LogP contribution in [0.15, 0.2) is 0 Å². The fraction of sp³-hybridized carbons (Fsp3) is 0.733. The minimum atomic E-state index is 0.386. The van der Waals surface area contributed by atoms with Gasteiger partial charge in [0, 0.05) is 11.4 Å². The van der Waals surface area contributed by atoms with E-state index in [4.69, 9.17) is 5.73 Å². The molecule has 0 bridgehead atoms. The maximum Gasteiger partial charge on any atom is 0.220 e. The smallest absolute Gasteiger partial charge is 0.220 e. The standard InChI is InChI=1S/C11H17N3.2C2H6/c1-7-8-6-11(2,3)5-4-9(8)14-10(12)13-7;2*1-2/h4-6H2,1-3H3,(H2,12,13,14);2*1-2H3. The zero-order valence-electron chi connectivity index (χ0n) is 13.1. The van der Waals surface area contributed by atoms with Crippen LogP contribution >= 0.6 is 0 Å². The van der Waals surface area contributed by atoms with Gasteiger partial charge in [-0.2, -0.15) is 0 Å². The summed E-state index contributed by atoms with van der Waals surface area (Å²) in [5, 5.41) is 0. The molecule has 0 aromatic carbocycles. The summed E-state index contributed by atoms with van der Waals surface area (Å²) in [5.74, 6) is 0.418. The number of nitrogen functional groups attached to an aromatic ring is 1. The van der Waals surface area contributed by atoms with Gasteiger partial charge in [-0.3, -0.25) is 0 Å². The summed E-state index contributed by atoms with van der Waals surface area (Å²) >= 11 is 0. The van der Waals surface area contributed by atoms with E-state index in [0.717, 1.165) is 24.2 Å². The molecule has 1 heterocycles. The van der Waals surface area contributed by atoms with Crippen LogP contribution in [0.2, 0.25) is 0 Å². The average molecular weight is 251 g/mol. The van der Waals surface area contributed by atoms with Crippen LogP contribution in [0.3, 0.4) is 0 Å². The van der Waals surface area contributed by atoms with E-state index in [0.29, 0.717) is 11.4 Å². The lowest BCUT2D eigenvalue weighted by molar-refractivity contribution is 0.310. The Kier molecular flexibility index (Phi) is 6.89. The Hall–Kier alpha value is -1.12. The molecule has 3 heteroatoms. The largest absolute Gasteiger partial charge is 0.368 e. The Bertz CT molecular complexity index is 370. The lowest BCUT2D eigenvalue weighted by Gasteiger charge is -2.31. The van der Waals surface area contributed by atoms with E-state index in [1.807, 2.05) is 34.6 Å². The summed E-state index contributed by atoms with van der Waals surface area (Å²) in [6.45, 7) is 14.6. The van der Waals surface area contributed by atoms with Crippen LogP contribution in [0.4, 0.5) is 5.95 Å². The van der Waals surface area contributed by atoms with Crippen molar-refractivity contribution in [3.05, 3.63) is 17.0 Å². The highest BCUT2D eigenvalue weighted by molar-refractivity contribution is 5.33. The molecule has 0 aliphatic heterocycles. The second-order valence-corrected chi connectivity index (χ2v) is 4.93. The Morgan fingerprint density at radius 1 is 1.06 bits per heavy atom. The van der Waals surface area contributed by atoms with Crippen molar-refractivity contribution in [3.63, 3.8) is 0 Å². The van der Waals surface area contributed by atoms with E-state index >= 15 is 0 Å². The van der Waals surface area contributed by atoms with Gasteiger partial charge in [0.25, 0.3) is 0 Å². The van der Waals surface area contributed by atoms with Gasteiger partial charge < -0.3 is 5.73 Å². The highest BCUT2D eigenvalue weighted by Gasteiger charge is 2.27. The topological polar surface area (TPSA) is 51.8 Å². The molecular weight excluding hydrogens is 222 g/mol. The van der Waals surface area contributed by atoms with Gasteiger partial charge in [-0.15, -0.1) is 0 Å². The molecule has 18 heavy (non-hydrogen) atoms. The Labute approximate surface area is 112 Å². The number of rotatable bonds is 0. The van der Waals surface area contributed by atoms with Crippen LogP contribution in [0, 0.1) is 12.3 Å². The molecule has 3 nitrogen and oxygen atoms in total. The van der Waals surface area contributed by atoms with Crippen LogP contribution in [0.1, 0.15) is 64.9 Å². The third kappa shape index (κ3) is 4.28. The summed E-state index contributed by atoms with van der Waals surface area (Å²) in [6.07, 6.45) is 3.31. The number of nitrogens with two attached hydrogens (primary N) is 1. The van der Waals surface area contributed by atoms with Crippen LogP contribution in [-0.2, 0) is 12.8 Å². The first-order valence-electron chi connectivity index (χ1n) is 7.10. The molecule has 0 atom stereocenters. The van der Waals surface area contributed by atoms with E-state index in [9.17, 15) is 0 Å². The van der Waals surface area contributed by atoms with E-state index in [2.05, 4.69) is 23.8 Å². The summed E-state index contributed by atoms with van der Waals surface area (Å²) in [5.41, 5.74) is 9.55. The zero-order chi connectivity index (χ0) is 14.3. The number of aromatic nitrogens is 2. The second-order valence-electron chi connectivity index (χ2n) is 4.93. The highest BCUT2D eigenvalue weighted by atomic mass is 15.0. The number of fused-ring (bicyclic) bond motifs is 1. The number of aryl methyl sites for hydroxylation is 2. The van der Waals surface area contributed by atoms with Crippen LogP contribution in [-0.4, -0.2) is 9.97 Å². The minimum absolute atomic E-state index is 0.386. The predicted octanol–water partition coefficient (Wildman–Crippen LogP) is 3.93. The first kappa shape index (κ1) is 16.9. The van der Waals surface area contributed by atoms with Gasteiger partial charge in [0.1, 0.15) is 0 Å². The van der Waals surface area contributed by atoms with E-state index in [-0.39, 0.29) is 0 Å². The monoisotopic (exact) mass is 251 g/mol. The lowest BCUT2D eigenvalue weighted by atomic mass is 9.75. The van der Waals surface area contributed by atoms with Gasteiger partial charge in [-0.05, 0) is 37.2 Å². The normalized spacial score (nSPS) is 15.5. The maximum absolute atomic E-state index is 5.63. The summed E-state index contributed by atoms with van der Waals surface area (Å²) < 4.78 is 0. The van der Waals surface area contributed by atoms with Crippen molar-refractivity contribution in [2.24, 2.45) is 5.41 Å². The number of nitrogens with zero attached hydrogens (tertiary/aromatic N) is 2. The van der Waals surface area contributed by atoms with Crippen LogP contribution < -0.4 is 5.73 Å². The fourth-order valence-electron chi connectivity index (χ4n) is 2.14. The summed E-state index contributed by atoms with van der Waals surface area (Å²) in [6, 6.07) is 0. The Morgan fingerprint density at radius 3 is 2.17 bits per heavy atom. The van der Waals surface area contributed by atoms with Crippen LogP contribution in [0.25, 0.3) is 0 Å². The Morgan fingerprint density at radius 2 is 1.61 bits per heavy atom. The number of hydrogen-bond donors (Lipinski definition) is 1. The molecular formula is C15H29N3. The molecule has 0 fully saturated rings. The van der Waals surface area contributed by atoms with Gasteiger partial charge >= 0.3 is 0 Å². The molecule has 1 aromatic rings. The molecule has 1 aromatic heterocycles. The first-order chi connectivity index (χ1) is 8.48. The average Bonchev–Trinajstić information content (AvgIpc) is 2.35. The quantitative estimate of drug-likeness (QED) is 0.760. The van der Waals surface area contributed by atoms with Gasteiger partial charge in [0.15, 0.2) is 0 Å².